The fourth-order valence-electron chi connectivity index (χ4n) is 2.73. The van der Waals surface area contributed by atoms with Crippen molar-refractivity contribution in [3.8, 4) is 11.5 Å². The highest BCUT2D eigenvalue weighted by Gasteiger charge is 2.15. The summed E-state index contributed by atoms with van der Waals surface area (Å²) in [4.78, 5) is 20.8. The van der Waals surface area contributed by atoms with Crippen LogP contribution in [0, 0.1) is 0 Å². The molecule has 0 atom stereocenters. The van der Waals surface area contributed by atoms with Gasteiger partial charge in [0.2, 0.25) is 6.79 Å². The molecule has 0 saturated heterocycles. The van der Waals surface area contributed by atoms with E-state index in [0.717, 1.165) is 17.0 Å². The van der Waals surface area contributed by atoms with Gasteiger partial charge in [0, 0.05) is 23.3 Å². The van der Waals surface area contributed by atoms with Crippen molar-refractivity contribution in [2.75, 3.05) is 24.0 Å². The summed E-state index contributed by atoms with van der Waals surface area (Å²) < 4.78 is 10.6. The van der Waals surface area contributed by atoms with E-state index in [1.54, 1.807) is 18.2 Å². The molecule has 2 heterocycles. The summed E-state index contributed by atoms with van der Waals surface area (Å²) in [6.45, 7) is 0.863. The fourth-order valence-corrected chi connectivity index (χ4v) is 2.95. The average Bonchev–Trinajstić information content (AvgIpc) is 3.16. The Hall–Kier alpha value is -3.32. The molecular weight excluding hydrogens is 380 g/mol. The Balaban J connectivity index is 1.31. The molecule has 2 N–H and O–H groups in total. The maximum Gasteiger partial charge on any atom is 0.275 e. The number of nitrogens with one attached hydrogen (secondary N) is 2. The van der Waals surface area contributed by atoms with E-state index >= 15 is 0 Å². The molecule has 0 radical (unpaired) electrons. The van der Waals surface area contributed by atoms with Crippen LogP contribution in [0.25, 0.3) is 0 Å². The van der Waals surface area contributed by atoms with E-state index in [4.69, 9.17) is 21.1 Å². The van der Waals surface area contributed by atoms with Gasteiger partial charge in [-0.25, -0.2) is 9.97 Å². The molecule has 7 nitrogen and oxygen atoms in total. The van der Waals surface area contributed by atoms with Crippen LogP contribution >= 0.6 is 11.6 Å². The molecule has 1 aromatic heterocycles. The third-order valence-corrected chi connectivity index (χ3v) is 4.36. The first-order chi connectivity index (χ1) is 13.7. The number of halogens is 1. The Morgan fingerprint density at radius 1 is 1.07 bits per heavy atom. The van der Waals surface area contributed by atoms with E-state index in [9.17, 15) is 4.79 Å². The van der Waals surface area contributed by atoms with Crippen molar-refractivity contribution in [3.05, 3.63) is 71.1 Å². The second-order valence-electron chi connectivity index (χ2n) is 6.12. The molecule has 28 heavy (non-hydrogen) atoms. The summed E-state index contributed by atoms with van der Waals surface area (Å²) in [6, 6.07) is 12.9. The summed E-state index contributed by atoms with van der Waals surface area (Å²) in [5.74, 6) is 1.51. The molecule has 0 fully saturated rings. The Kier molecular flexibility index (Phi) is 5.25. The van der Waals surface area contributed by atoms with Crippen molar-refractivity contribution in [2.24, 2.45) is 0 Å². The summed E-state index contributed by atoms with van der Waals surface area (Å²) in [7, 11) is 0. The van der Waals surface area contributed by atoms with Crippen molar-refractivity contribution in [3.63, 3.8) is 0 Å². The molecule has 2 aromatic carbocycles. The number of rotatable bonds is 6. The predicted molar refractivity (Wildman–Crippen MR) is 106 cm³/mol. The molecule has 1 amide bonds. The van der Waals surface area contributed by atoms with E-state index in [-0.39, 0.29) is 18.4 Å². The van der Waals surface area contributed by atoms with E-state index < -0.39 is 0 Å². The highest BCUT2D eigenvalue weighted by atomic mass is 35.5. The molecule has 8 heteroatoms. The maximum atomic E-state index is 12.3. The highest BCUT2D eigenvalue weighted by molar-refractivity contribution is 6.30. The van der Waals surface area contributed by atoms with Gasteiger partial charge in [-0.15, -0.1) is 0 Å². The molecule has 142 valence electrons. The van der Waals surface area contributed by atoms with Gasteiger partial charge in [-0.3, -0.25) is 4.79 Å². The Morgan fingerprint density at radius 3 is 2.79 bits per heavy atom. The van der Waals surface area contributed by atoms with Crippen LogP contribution in [0.15, 0.2) is 54.9 Å². The molecule has 1 aliphatic heterocycles. The number of carbonyl (C=O) groups excluding carboxylic acids is 1. The van der Waals surface area contributed by atoms with Crippen LogP contribution in [0.5, 0.6) is 11.5 Å². The molecule has 0 unspecified atom stereocenters. The molecular formula is C20H17ClN4O3. The largest absolute Gasteiger partial charge is 0.454 e. The van der Waals surface area contributed by atoms with Crippen molar-refractivity contribution in [1.29, 1.82) is 0 Å². The van der Waals surface area contributed by atoms with Crippen molar-refractivity contribution in [1.82, 2.24) is 9.97 Å². The zero-order valence-corrected chi connectivity index (χ0v) is 15.6. The van der Waals surface area contributed by atoms with Gasteiger partial charge in [-0.1, -0.05) is 23.7 Å². The summed E-state index contributed by atoms with van der Waals surface area (Å²) in [6.07, 6.45) is 3.77. The first kappa shape index (κ1) is 18.1. The van der Waals surface area contributed by atoms with Gasteiger partial charge in [0.25, 0.3) is 5.91 Å². The first-order valence-electron chi connectivity index (χ1n) is 8.69. The molecule has 0 saturated carbocycles. The minimum atomic E-state index is -0.350. The first-order valence-corrected chi connectivity index (χ1v) is 9.06. The van der Waals surface area contributed by atoms with Crippen molar-refractivity contribution in [2.45, 2.75) is 6.42 Å². The number of anilines is 2. The number of benzene rings is 2. The van der Waals surface area contributed by atoms with Crippen molar-refractivity contribution >= 4 is 29.0 Å². The minimum Gasteiger partial charge on any atom is -0.454 e. The minimum absolute atomic E-state index is 0.185. The lowest BCUT2D eigenvalue weighted by Gasteiger charge is -2.08. The van der Waals surface area contributed by atoms with Gasteiger partial charge >= 0.3 is 0 Å². The van der Waals surface area contributed by atoms with Crippen LogP contribution < -0.4 is 20.1 Å². The summed E-state index contributed by atoms with van der Waals surface area (Å²) >= 11 is 5.98. The molecule has 1 aliphatic rings. The van der Waals surface area contributed by atoms with E-state index in [1.807, 2.05) is 24.3 Å². The van der Waals surface area contributed by atoms with Gasteiger partial charge in [0.05, 0.1) is 12.4 Å². The van der Waals surface area contributed by atoms with Crippen LogP contribution in [-0.2, 0) is 6.42 Å². The molecule has 4 rings (SSSR count). The maximum absolute atomic E-state index is 12.3. The van der Waals surface area contributed by atoms with E-state index in [1.165, 1.54) is 12.4 Å². The number of carbonyl (C=O) groups is 1. The number of aromatic nitrogens is 2. The zero-order chi connectivity index (χ0) is 19.3. The smallest absolute Gasteiger partial charge is 0.275 e. The zero-order valence-electron chi connectivity index (χ0n) is 14.8. The van der Waals surface area contributed by atoms with Crippen LogP contribution in [-0.4, -0.2) is 29.2 Å². The normalized spacial score (nSPS) is 11.9. The Labute approximate surface area is 166 Å². The van der Waals surface area contributed by atoms with Gasteiger partial charge in [-0.2, -0.15) is 0 Å². The van der Waals surface area contributed by atoms with Crippen LogP contribution in [0.2, 0.25) is 5.02 Å². The topological polar surface area (TPSA) is 85.4 Å². The lowest BCUT2D eigenvalue weighted by atomic mass is 10.1. The van der Waals surface area contributed by atoms with Gasteiger partial charge in [0.1, 0.15) is 11.5 Å². The van der Waals surface area contributed by atoms with E-state index in [2.05, 4.69) is 20.6 Å². The number of ether oxygens (including phenoxy) is 2. The third-order valence-electron chi connectivity index (χ3n) is 4.12. The number of nitrogens with zero attached hydrogens (tertiary/aromatic N) is 2. The Morgan fingerprint density at radius 2 is 1.96 bits per heavy atom. The predicted octanol–water partition coefficient (Wildman–Crippen LogP) is 3.77. The second-order valence-corrected chi connectivity index (χ2v) is 6.55. The monoisotopic (exact) mass is 396 g/mol. The number of amides is 1. The number of hydrogen-bond acceptors (Lipinski definition) is 6. The standard InChI is InChI=1S/C20H17ClN4O3/c21-14-3-1-2-13(8-14)6-7-22-19-11-23-16(10-24-19)20(26)25-15-4-5-17-18(9-15)28-12-27-17/h1-5,8-11H,6-7,12H2,(H,22,24)(H,25,26). The van der Waals surface area contributed by atoms with Gasteiger partial charge < -0.3 is 20.1 Å². The van der Waals surface area contributed by atoms with Gasteiger partial charge in [0.15, 0.2) is 11.5 Å². The average molecular weight is 397 g/mol. The number of hydrogen-bond donors (Lipinski definition) is 2. The molecule has 0 aliphatic carbocycles. The highest BCUT2D eigenvalue weighted by Crippen LogP contribution is 2.34. The third kappa shape index (κ3) is 4.32. The van der Waals surface area contributed by atoms with Crippen molar-refractivity contribution < 1.29 is 14.3 Å². The fraction of sp³-hybridized carbons (Fsp3) is 0.150. The second kappa shape index (κ2) is 8.14. The van der Waals surface area contributed by atoms with Crippen LogP contribution in [0.3, 0.4) is 0 Å². The SMILES string of the molecule is O=C(Nc1ccc2c(c1)OCO2)c1cnc(NCCc2cccc(Cl)c2)cn1. The summed E-state index contributed by atoms with van der Waals surface area (Å²) in [5.41, 5.74) is 1.95. The van der Waals surface area contributed by atoms with Crippen LogP contribution in [0.1, 0.15) is 16.1 Å². The lowest BCUT2D eigenvalue weighted by Crippen LogP contribution is -2.15. The molecule has 0 bridgehead atoms. The van der Waals surface area contributed by atoms with Crippen LogP contribution in [0.4, 0.5) is 11.5 Å². The molecule has 0 spiro atoms. The lowest BCUT2D eigenvalue weighted by molar-refractivity contribution is 0.102. The van der Waals surface area contributed by atoms with E-state index in [0.29, 0.717) is 29.5 Å². The summed E-state index contributed by atoms with van der Waals surface area (Å²) in [5, 5.41) is 6.66. The Bertz CT molecular complexity index is 995. The molecule has 3 aromatic rings. The quantitative estimate of drug-likeness (QED) is 0.659. The van der Waals surface area contributed by atoms with Gasteiger partial charge in [-0.05, 0) is 36.2 Å². The number of fused-ring (bicyclic) bond motifs is 1.